The number of amides is 1. The van der Waals surface area contributed by atoms with E-state index in [-0.39, 0.29) is 11.3 Å². The zero-order valence-electron chi connectivity index (χ0n) is 10.4. The smallest absolute Gasteiger partial charge is 0.271 e. The minimum Gasteiger partial charge on any atom is -0.350 e. The summed E-state index contributed by atoms with van der Waals surface area (Å²) in [4.78, 5) is 24.2. The van der Waals surface area contributed by atoms with Crippen LogP contribution >= 0.6 is 0 Å². The van der Waals surface area contributed by atoms with Crippen LogP contribution in [0.5, 0.6) is 0 Å². The molecule has 0 bridgehead atoms. The minimum atomic E-state index is -0.185. The molecule has 1 fully saturated rings. The summed E-state index contributed by atoms with van der Waals surface area (Å²) in [5.41, 5.74) is 1.41. The van der Waals surface area contributed by atoms with Crippen LogP contribution in [-0.2, 0) is 5.41 Å². The van der Waals surface area contributed by atoms with E-state index in [9.17, 15) is 4.79 Å². The van der Waals surface area contributed by atoms with E-state index in [0.717, 1.165) is 18.5 Å². The number of hydrogen-bond donors (Lipinski definition) is 1. The summed E-state index contributed by atoms with van der Waals surface area (Å²) in [6.07, 6.45) is 8.44. The van der Waals surface area contributed by atoms with Gasteiger partial charge in [0.25, 0.3) is 5.91 Å². The second kappa shape index (κ2) is 4.76. The summed E-state index contributed by atoms with van der Waals surface area (Å²) in [6, 6.07) is 5.89. The average molecular weight is 254 g/mol. The van der Waals surface area contributed by atoms with Crippen LogP contribution in [0.3, 0.4) is 0 Å². The Morgan fingerprint density at radius 3 is 2.74 bits per heavy atom. The summed E-state index contributed by atoms with van der Waals surface area (Å²) in [7, 11) is 0. The Kier molecular flexibility index (Phi) is 2.95. The molecule has 2 heterocycles. The molecule has 1 amide bonds. The summed E-state index contributed by atoms with van der Waals surface area (Å²) in [5, 5.41) is 2.92. The van der Waals surface area contributed by atoms with Crippen LogP contribution in [0.15, 0.2) is 43.0 Å². The lowest BCUT2D eigenvalue weighted by molar-refractivity contribution is 0.0944. The van der Waals surface area contributed by atoms with Gasteiger partial charge in [0.15, 0.2) is 0 Å². The fourth-order valence-electron chi connectivity index (χ4n) is 2.11. The lowest BCUT2D eigenvalue weighted by Crippen LogP contribution is -2.33. The molecule has 19 heavy (non-hydrogen) atoms. The van der Waals surface area contributed by atoms with Gasteiger partial charge in [-0.15, -0.1) is 0 Å². The first kappa shape index (κ1) is 11.8. The van der Waals surface area contributed by atoms with Gasteiger partial charge in [0.05, 0.1) is 6.20 Å². The Morgan fingerprint density at radius 1 is 1.21 bits per heavy atom. The third-order valence-electron chi connectivity index (χ3n) is 3.44. The fraction of sp³-hybridized carbons (Fsp3) is 0.286. The summed E-state index contributed by atoms with van der Waals surface area (Å²) in [6.45, 7) is 0.597. The van der Waals surface area contributed by atoms with E-state index in [0.29, 0.717) is 12.2 Å². The van der Waals surface area contributed by atoms with Gasteiger partial charge in [0, 0.05) is 36.2 Å². The largest absolute Gasteiger partial charge is 0.350 e. The van der Waals surface area contributed by atoms with Crippen LogP contribution in [0.2, 0.25) is 0 Å². The molecule has 96 valence electrons. The average Bonchev–Trinajstić information content (AvgIpc) is 3.28. The summed E-state index contributed by atoms with van der Waals surface area (Å²) >= 11 is 0. The van der Waals surface area contributed by atoms with Crippen LogP contribution in [-0.4, -0.2) is 27.4 Å². The Morgan fingerprint density at radius 2 is 2.11 bits per heavy atom. The van der Waals surface area contributed by atoms with Crippen molar-refractivity contribution in [3.8, 4) is 0 Å². The van der Waals surface area contributed by atoms with Crippen molar-refractivity contribution >= 4 is 5.91 Å². The molecular weight excluding hydrogens is 240 g/mol. The number of rotatable bonds is 4. The Labute approximate surface area is 111 Å². The lowest BCUT2D eigenvalue weighted by Gasteiger charge is -2.15. The highest BCUT2D eigenvalue weighted by Gasteiger charge is 2.45. The molecule has 1 saturated carbocycles. The van der Waals surface area contributed by atoms with Crippen molar-refractivity contribution in [2.45, 2.75) is 18.3 Å². The highest BCUT2D eigenvalue weighted by molar-refractivity contribution is 5.91. The fourth-order valence-corrected chi connectivity index (χ4v) is 2.11. The molecular formula is C14H14N4O. The molecule has 5 nitrogen and oxygen atoms in total. The number of hydrogen-bond acceptors (Lipinski definition) is 4. The van der Waals surface area contributed by atoms with E-state index >= 15 is 0 Å². The number of carbonyl (C=O) groups excluding carboxylic acids is 1. The van der Waals surface area contributed by atoms with Crippen molar-refractivity contribution in [2.24, 2.45) is 0 Å². The van der Waals surface area contributed by atoms with Crippen molar-refractivity contribution in [1.82, 2.24) is 20.3 Å². The van der Waals surface area contributed by atoms with Crippen LogP contribution in [0.25, 0.3) is 0 Å². The highest BCUT2D eigenvalue weighted by Crippen LogP contribution is 2.46. The van der Waals surface area contributed by atoms with Crippen molar-refractivity contribution < 1.29 is 4.79 Å². The Hall–Kier alpha value is -2.30. The van der Waals surface area contributed by atoms with Crippen molar-refractivity contribution in [1.29, 1.82) is 0 Å². The number of nitrogens with zero attached hydrogens (tertiary/aromatic N) is 3. The Bertz CT molecular complexity index is 567. The molecule has 2 aromatic heterocycles. The first-order valence-corrected chi connectivity index (χ1v) is 6.26. The molecule has 1 aliphatic carbocycles. The third-order valence-corrected chi connectivity index (χ3v) is 3.44. The maximum Gasteiger partial charge on any atom is 0.271 e. The lowest BCUT2D eigenvalue weighted by atomic mass is 10.0. The maximum atomic E-state index is 11.9. The molecule has 0 atom stereocenters. The second-order valence-electron chi connectivity index (χ2n) is 4.77. The van der Waals surface area contributed by atoms with Crippen molar-refractivity contribution in [2.75, 3.05) is 6.54 Å². The number of pyridine rings is 1. The molecule has 0 unspecified atom stereocenters. The van der Waals surface area contributed by atoms with Gasteiger partial charge in [-0.1, -0.05) is 6.07 Å². The monoisotopic (exact) mass is 254 g/mol. The van der Waals surface area contributed by atoms with Gasteiger partial charge in [-0.25, -0.2) is 4.98 Å². The molecule has 0 aromatic carbocycles. The summed E-state index contributed by atoms with van der Waals surface area (Å²) < 4.78 is 0. The molecule has 0 aliphatic heterocycles. The number of carbonyl (C=O) groups is 1. The SMILES string of the molecule is O=C(NCC1(c2ccccn2)CC1)c1cnccn1. The molecule has 1 N–H and O–H groups in total. The molecule has 3 rings (SSSR count). The van der Waals surface area contributed by atoms with E-state index in [4.69, 9.17) is 0 Å². The molecule has 5 heteroatoms. The first-order valence-electron chi connectivity index (χ1n) is 6.26. The van der Waals surface area contributed by atoms with Crippen LogP contribution in [0, 0.1) is 0 Å². The number of aromatic nitrogens is 3. The zero-order valence-corrected chi connectivity index (χ0v) is 10.4. The normalized spacial score (nSPS) is 15.8. The van der Waals surface area contributed by atoms with Gasteiger partial charge < -0.3 is 5.32 Å². The van der Waals surface area contributed by atoms with Crippen molar-refractivity contribution in [3.05, 3.63) is 54.4 Å². The van der Waals surface area contributed by atoms with Gasteiger partial charge in [0.1, 0.15) is 5.69 Å². The highest BCUT2D eigenvalue weighted by atomic mass is 16.1. The maximum absolute atomic E-state index is 11.9. The van der Waals surface area contributed by atoms with E-state index in [2.05, 4.69) is 20.3 Å². The topological polar surface area (TPSA) is 67.8 Å². The predicted octanol–water partition coefficient (Wildman–Crippen LogP) is 1.33. The molecule has 0 radical (unpaired) electrons. The van der Waals surface area contributed by atoms with Crippen LogP contribution in [0.1, 0.15) is 29.0 Å². The van der Waals surface area contributed by atoms with Gasteiger partial charge >= 0.3 is 0 Å². The summed E-state index contributed by atoms with van der Waals surface area (Å²) in [5.74, 6) is -0.185. The molecule has 0 saturated heterocycles. The minimum absolute atomic E-state index is 0.0130. The zero-order chi connectivity index (χ0) is 13.1. The second-order valence-corrected chi connectivity index (χ2v) is 4.77. The molecule has 1 aliphatic rings. The van der Waals surface area contributed by atoms with Gasteiger partial charge in [-0.3, -0.25) is 14.8 Å². The molecule has 2 aromatic rings. The van der Waals surface area contributed by atoms with E-state index in [1.807, 2.05) is 18.2 Å². The predicted molar refractivity (Wildman–Crippen MR) is 69.5 cm³/mol. The first-order chi connectivity index (χ1) is 9.30. The number of nitrogens with one attached hydrogen (secondary N) is 1. The van der Waals surface area contributed by atoms with Gasteiger partial charge in [-0.2, -0.15) is 0 Å². The van der Waals surface area contributed by atoms with Crippen molar-refractivity contribution in [3.63, 3.8) is 0 Å². The van der Waals surface area contributed by atoms with Crippen LogP contribution < -0.4 is 5.32 Å². The van der Waals surface area contributed by atoms with Gasteiger partial charge in [-0.05, 0) is 25.0 Å². The third kappa shape index (κ3) is 2.45. The quantitative estimate of drug-likeness (QED) is 0.893. The van der Waals surface area contributed by atoms with Crippen LogP contribution in [0.4, 0.5) is 0 Å². The Balaban J connectivity index is 1.66. The standard InChI is InChI=1S/C14H14N4O/c19-13(11-9-15-7-8-16-11)18-10-14(4-5-14)12-3-1-2-6-17-12/h1-3,6-9H,4-5,10H2,(H,18,19). The van der Waals surface area contributed by atoms with E-state index in [1.54, 1.807) is 12.4 Å². The van der Waals surface area contributed by atoms with Gasteiger partial charge in [0.2, 0.25) is 0 Å². The molecule has 0 spiro atoms. The van der Waals surface area contributed by atoms with E-state index < -0.39 is 0 Å². The van der Waals surface area contributed by atoms with E-state index in [1.165, 1.54) is 12.4 Å².